The summed E-state index contributed by atoms with van der Waals surface area (Å²) in [6, 6.07) is 14.8. The number of aromatic nitrogens is 1. The van der Waals surface area contributed by atoms with Crippen molar-refractivity contribution in [1.29, 1.82) is 0 Å². The quantitative estimate of drug-likeness (QED) is 0.359. The maximum Gasteiger partial charge on any atom is 0.416 e. The average molecular weight is 541 g/mol. The summed E-state index contributed by atoms with van der Waals surface area (Å²) in [6.45, 7) is 6.91. The fraction of sp³-hybridized carbons (Fsp3) is 0.400. The Bertz CT molecular complexity index is 1280. The van der Waals surface area contributed by atoms with Gasteiger partial charge in [-0.2, -0.15) is 13.2 Å². The molecule has 0 saturated heterocycles. The topological polar surface area (TPSA) is 57.7 Å². The molecule has 1 N–H and O–H groups in total. The molecule has 1 atom stereocenters. The van der Waals surface area contributed by atoms with Crippen molar-refractivity contribution in [3.05, 3.63) is 94.3 Å². The number of pyridine rings is 1. The molecule has 208 valence electrons. The smallest absolute Gasteiger partial charge is 0.416 e. The summed E-state index contributed by atoms with van der Waals surface area (Å²) in [7, 11) is 3.97. The minimum Gasteiger partial charge on any atom is -0.492 e. The van der Waals surface area contributed by atoms with E-state index < -0.39 is 11.7 Å². The molecule has 6 nitrogen and oxygen atoms in total. The number of benzene rings is 2. The second kappa shape index (κ2) is 12.2. The van der Waals surface area contributed by atoms with Crippen LogP contribution in [0.1, 0.15) is 58.2 Å². The summed E-state index contributed by atoms with van der Waals surface area (Å²) in [5.74, 6) is 0.748. The molecule has 39 heavy (non-hydrogen) atoms. The predicted octanol–water partition coefficient (Wildman–Crippen LogP) is 5.68. The van der Waals surface area contributed by atoms with Crippen molar-refractivity contribution < 1.29 is 22.7 Å². The molecule has 9 heteroatoms. The van der Waals surface area contributed by atoms with Gasteiger partial charge in [-0.15, -0.1) is 0 Å². The van der Waals surface area contributed by atoms with E-state index in [-0.39, 0.29) is 17.9 Å². The third kappa shape index (κ3) is 7.16. The lowest BCUT2D eigenvalue weighted by atomic mass is 9.99. The van der Waals surface area contributed by atoms with Gasteiger partial charge in [-0.25, -0.2) is 0 Å². The summed E-state index contributed by atoms with van der Waals surface area (Å²) >= 11 is 0. The first-order valence-corrected chi connectivity index (χ1v) is 13.1. The van der Waals surface area contributed by atoms with Gasteiger partial charge in [-0.3, -0.25) is 14.7 Å². The zero-order valence-corrected chi connectivity index (χ0v) is 22.8. The highest BCUT2D eigenvalue weighted by atomic mass is 19.4. The van der Waals surface area contributed by atoms with Gasteiger partial charge in [-0.05, 0) is 55.4 Å². The number of ether oxygens (including phenoxy) is 1. The molecule has 1 aliphatic heterocycles. The fourth-order valence-electron chi connectivity index (χ4n) is 4.86. The minimum absolute atomic E-state index is 0.00518. The van der Waals surface area contributed by atoms with Crippen LogP contribution < -0.4 is 10.1 Å². The van der Waals surface area contributed by atoms with E-state index in [1.807, 2.05) is 49.3 Å². The molecule has 1 unspecified atom stereocenters. The van der Waals surface area contributed by atoms with Crippen LogP contribution in [0, 0.1) is 5.92 Å². The zero-order chi connectivity index (χ0) is 28.2. The van der Waals surface area contributed by atoms with Gasteiger partial charge in [0, 0.05) is 37.9 Å². The van der Waals surface area contributed by atoms with Gasteiger partial charge in [0.1, 0.15) is 12.4 Å². The number of hydrogen-bond donors (Lipinski definition) is 1. The van der Waals surface area contributed by atoms with Crippen LogP contribution in [0.15, 0.2) is 60.8 Å². The third-order valence-corrected chi connectivity index (χ3v) is 6.82. The number of fused-ring (bicyclic) bond motifs is 1. The molecule has 2 heterocycles. The van der Waals surface area contributed by atoms with Gasteiger partial charge in [-0.1, -0.05) is 44.2 Å². The Labute approximate surface area is 227 Å². The number of nitrogens with one attached hydrogen (secondary N) is 1. The number of nitrogens with zero attached hydrogens (tertiary/aromatic N) is 3. The van der Waals surface area contributed by atoms with Crippen molar-refractivity contribution in [2.75, 3.05) is 27.2 Å². The molecule has 0 saturated carbocycles. The summed E-state index contributed by atoms with van der Waals surface area (Å²) < 4.78 is 44.8. The highest BCUT2D eigenvalue weighted by molar-refractivity contribution is 5.94. The van der Waals surface area contributed by atoms with E-state index in [0.29, 0.717) is 31.8 Å². The van der Waals surface area contributed by atoms with Crippen LogP contribution in [0.3, 0.4) is 0 Å². The van der Waals surface area contributed by atoms with Crippen LogP contribution in [0.5, 0.6) is 5.75 Å². The van der Waals surface area contributed by atoms with E-state index >= 15 is 0 Å². The van der Waals surface area contributed by atoms with Crippen molar-refractivity contribution in [2.24, 2.45) is 5.92 Å². The molecule has 1 aromatic heterocycles. The van der Waals surface area contributed by atoms with E-state index in [1.165, 1.54) is 12.1 Å². The van der Waals surface area contributed by atoms with E-state index in [4.69, 9.17) is 4.74 Å². The molecule has 0 aliphatic carbocycles. The van der Waals surface area contributed by atoms with E-state index in [2.05, 4.69) is 29.0 Å². The van der Waals surface area contributed by atoms with Crippen molar-refractivity contribution >= 4 is 5.91 Å². The molecular formula is C30H35F3N4O2. The number of halogens is 3. The van der Waals surface area contributed by atoms with Crippen LogP contribution in [0.25, 0.3) is 0 Å². The lowest BCUT2D eigenvalue weighted by Crippen LogP contribution is -2.26. The van der Waals surface area contributed by atoms with Crippen LogP contribution >= 0.6 is 0 Å². The molecular weight excluding hydrogens is 505 g/mol. The molecule has 0 spiro atoms. The van der Waals surface area contributed by atoms with Gasteiger partial charge in [0.05, 0.1) is 22.9 Å². The Hall–Kier alpha value is -3.43. The molecule has 0 bridgehead atoms. The van der Waals surface area contributed by atoms with Crippen LogP contribution in [-0.4, -0.2) is 47.9 Å². The largest absolute Gasteiger partial charge is 0.492 e. The first-order chi connectivity index (χ1) is 18.5. The molecule has 2 aromatic carbocycles. The predicted molar refractivity (Wildman–Crippen MR) is 144 cm³/mol. The number of carbonyl (C=O) groups is 1. The number of hydrogen-bond acceptors (Lipinski definition) is 5. The Morgan fingerprint density at radius 1 is 1.15 bits per heavy atom. The van der Waals surface area contributed by atoms with E-state index in [9.17, 15) is 18.0 Å². The van der Waals surface area contributed by atoms with Gasteiger partial charge < -0.3 is 15.0 Å². The SMILES string of the molecule is CC(C)C1c2ncc(C(=O)NCc3ccccc3OCCN(C)C)cc2CN1Cc1ccc(C(F)(F)F)cc1. The number of rotatable bonds is 10. The van der Waals surface area contributed by atoms with Crippen LogP contribution in [0.4, 0.5) is 13.2 Å². The van der Waals surface area contributed by atoms with Crippen molar-refractivity contribution in [3.8, 4) is 5.75 Å². The molecule has 3 aromatic rings. The lowest BCUT2D eigenvalue weighted by Gasteiger charge is -2.27. The summed E-state index contributed by atoms with van der Waals surface area (Å²) in [5.41, 5.74) is 3.37. The number of alkyl halides is 3. The second-order valence-electron chi connectivity index (χ2n) is 10.5. The van der Waals surface area contributed by atoms with Gasteiger partial charge >= 0.3 is 6.18 Å². The molecule has 4 rings (SSSR count). The van der Waals surface area contributed by atoms with Crippen LogP contribution in [0.2, 0.25) is 0 Å². The van der Waals surface area contributed by atoms with Gasteiger partial charge in [0.2, 0.25) is 0 Å². The molecule has 1 aliphatic rings. The highest BCUT2D eigenvalue weighted by Gasteiger charge is 2.35. The van der Waals surface area contributed by atoms with Crippen molar-refractivity contribution in [3.63, 3.8) is 0 Å². The number of para-hydroxylation sites is 1. The van der Waals surface area contributed by atoms with E-state index in [0.717, 1.165) is 46.8 Å². The van der Waals surface area contributed by atoms with Crippen molar-refractivity contribution in [1.82, 2.24) is 20.1 Å². The average Bonchev–Trinajstić information content (AvgIpc) is 3.24. The third-order valence-electron chi connectivity index (χ3n) is 6.82. The van der Waals surface area contributed by atoms with Crippen molar-refractivity contribution in [2.45, 2.75) is 45.7 Å². The summed E-state index contributed by atoms with van der Waals surface area (Å²) in [4.78, 5) is 21.9. The highest BCUT2D eigenvalue weighted by Crippen LogP contribution is 2.39. The standard InChI is InChI=1S/C30H35F3N4O2/c1-20(2)28-27-24(19-37(28)18-21-9-11-25(12-10-21)30(31,32)33)15-23(17-34-27)29(38)35-16-22-7-5-6-8-26(22)39-14-13-36(3)4/h5-12,15,17,20,28H,13-14,16,18-19H2,1-4H3,(H,35,38). The lowest BCUT2D eigenvalue weighted by molar-refractivity contribution is -0.137. The molecule has 0 fully saturated rings. The number of carbonyl (C=O) groups excluding carboxylic acids is 1. The van der Waals surface area contributed by atoms with Gasteiger partial charge in [0.15, 0.2) is 0 Å². The Morgan fingerprint density at radius 2 is 1.87 bits per heavy atom. The summed E-state index contributed by atoms with van der Waals surface area (Å²) in [6.07, 6.45) is -2.75. The van der Waals surface area contributed by atoms with E-state index in [1.54, 1.807) is 6.20 Å². The maximum atomic E-state index is 13.0. The normalized spacial score (nSPS) is 15.6. The fourth-order valence-corrected chi connectivity index (χ4v) is 4.86. The van der Waals surface area contributed by atoms with Crippen LogP contribution in [-0.2, 0) is 25.8 Å². The number of amides is 1. The first-order valence-electron chi connectivity index (χ1n) is 13.1. The minimum atomic E-state index is -4.36. The Kier molecular flexibility index (Phi) is 8.92. The second-order valence-corrected chi connectivity index (χ2v) is 10.5. The summed E-state index contributed by atoms with van der Waals surface area (Å²) in [5, 5.41) is 2.97. The first kappa shape index (κ1) is 28.6. The Balaban J connectivity index is 1.43. The maximum absolute atomic E-state index is 13.0. The zero-order valence-electron chi connectivity index (χ0n) is 22.8. The Morgan fingerprint density at radius 3 is 2.54 bits per heavy atom. The number of likely N-dealkylation sites (N-methyl/N-ethyl adjacent to an activating group) is 1. The van der Waals surface area contributed by atoms with Gasteiger partial charge in [0.25, 0.3) is 5.91 Å². The monoisotopic (exact) mass is 540 g/mol. The molecule has 0 radical (unpaired) electrons. The molecule has 1 amide bonds.